The molecule has 0 fully saturated rings. The Morgan fingerprint density at radius 3 is 2.58 bits per heavy atom. The second-order valence-corrected chi connectivity index (χ2v) is 6.65. The molecule has 0 aliphatic heterocycles. The molecule has 0 aliphatic rings. The third kappa shape index (κ3) is 5.40. The van der Waals surface area contributed by atoms with Gasteiger partial charge in [0.1, 0.15) is 11.4 Å². The smallest absolute Gasteiger partial charge is 0.419 e. The van der Waals surface area contributed by atoms with Crippen LogP contribution in [0.25, 0.3) is 11.1 Å². The van der Waals surface area contributed by atoms with E-state index < -0.39 is 29.2 Å². The molecule has 0 unspecified atom stereocenters. The number of carbonyl (C=O) groups is 1. The van der Waals surface area contributed by atoms with E-state index in [0.29, 0.717) is 12.1 Å². The van der Waals surface area contributed by atoms with Gasteiger partial charge < -0.3 is 15.2 Å². The van der Waals surface area contributed by atoms with Gasteiger partial charge in [-0.15, -0.1) is 0 Å². The number of phenolic OH excluding ortho intramolecular Hbond substituents is 1. The van der Waals surface area contributed by atoms with Gasteiger partial charge >= 0.3 is 12.3 Å². The van der Waals surface area contributed by atoms with Crippen molar-refractivity contribution in [1.82, 2.24) is 15.1 Å². The quantitative estimate of drug-likeness (QED) is 0.857. The average molecular weight is 371 g/mol. The van der Waals surface area contributed by atoms with E-state index in [9.17, 15) is 23.1 Å². The first kappa shape index (κ1) is 19.6. The number of nitrogens with one attached hydrogen (secondary N) is 1. The van der Waals surface area contributed by atoms with Crippen LogP contribution in [0.1, 0.15) is 26.3 Å². The Morgan fingerprint density at radius 2 is 1.96 bits per heavy atom. The minimum atomic E-state index is -4.65. The number of rotatable bonds is 4. The molecular weight excluding hydrogens is 351 g/mol. The normalized spacial score (nSPS) is 12.1. The van der Waals surface area contributed by atoms with Crippen LogP contribution in [0.3, 0.4) is 0 Å². The highest BCUT2D eigenvalue weighted by Gasteiger charge is 2.34. The molecule has 1 aromatic heterocycles. The Hall–Kier alpha value is -2.71. The summed E-state index contributed by atoms with van der Waals surface area (Å²) < 4.78 is 45.2. The van der Waals surface area contributed by atoms with Gasteiger partial charge in [-0.2, -0.15) is 18.3 Å². The number of aromatic nitrogens is 2. The molecule has 2 aromatic rings. The zero-order valence-electron chi connectivity index (χ0n) is 14.6. The molecule has 0 saturated carbocycles. The van der Waals surface area contributed by atoms with Crippen molar-refractivity contribution in [3.05, 3.63) is 36.2 Å². The Morgan fingerprint density at radius 1 is 1.27 bits per heavy atom. The lowest BCUT2D eigenvalue weighted by Crippen LogP contribution is -2.34. The minimum Gasteiger partial charge on any atom is -0.507 e. The van der Waals surface area contributed by atoms with Gasteiger partial charge in [0.05, 0.1) is 18.3 Å². The zero-order chi connectivity index (χ0) is 19.5. The second kappa shape index (κ2) is 7.27. The molecule has 0 aliphatic carbocycles. The molecule has 6 nitrogen and oxygen atoms in total. The van der Waals surface area contributed by atoms with Crippen molar-refractivity contribution in [3.63, 3.8) is 0 Å². The van der Waals surface area contributed by atoms with Crippen LogP contribution in [-0.4, -0.2) is 33.1 Å². The van der Waals surface area contributed by atoms with Crippen molar-refractivity contribution >= 4 is 6.09 Å². The Balaban J connectivity index is 2.01. The molecule has 2 rings (SSSR count). The van der Waals surface area contributed by atoms with Gasteiger partial charge in [-0.1, -0.05) is 6.07 Å². The number of hydrogen-bond donors (Lipinski definition) is 2. The average Bonchev–Trinajstić information content (AvgIpc) is 2.93. The number of nitrogens with zero attached hydrogens (tertiary/aromatic N) is 2. The van der Waals surface area contributed by atoms with E-state index in [2.05, 4.69) is 10.4 Å². The largest absolute Gasteiger partial charge is 0.507 e. The molecule has 0 bridgehead atoms. The molecule has 1 aromatic carbocycles. The van der Waals surface area contributed by atoms with E-state index in [1.807, 2.05) is 0 Å². The van der Waals surface area contributed by atoms with E-state index in [-0.39, 0.29) is 12.1 Å². The van der Waals surface area contributed by atoms with Crippen molar-refractivity contribution in [3.8, 4) is 16.9 Å². The number of carbonyl (C=O) groups excluding carboxylic acids is 1. The van der Waals surface area contributed by atoms with Gasteiger partial charge in [0.15, 0.2) is 0 Å². The highest BCUT2D eigenvalue weighted by Crippen LogP contribution is 2.37. The standard InChI is InChI=1S/C17H20F3N3O3/c1-16(2,3)26-15(25)21-6-7-23-10-12(9-22-23)11-4-5-14(24)13(8-11)17(18,19)20/h4-5,8-10,24H,6-7H2,1-3H3,(H,21,25). The summed E-state index contributed by atoms with van der Waals surface area (Å²) in [7, 11) is 0. The van der Waals surface area contributed by atoms with E-state index in [0.717, 1.165) is 12.1 Å². The first-order valence-corrected chi connectivity index (χ1v) is 7.85. The summed E-state index contributed by atoms with van der Waals surface area (Å²) >= 11 is 0. The van der Waals surface area contributed by atoms with Gasteiger partial charge in [-0.25, -0.2) is 4.79 Å². The van der Waals surface area contributed by atoms with Gasteiger partial charge in [-0.3, -0.25) is 4.68 Å². The van der Waals surface area contributed by atoms with Crippen molar-refractivity contribution in [1.29, 1.82) is 0 Å². The number of aromatic hydroxyl groups is 1. The first-order valence-electron chi connectivity index (χ1n) is 7.85. The van der Waals surface area contributed by atoms with Crippen LogP contribution in [0.15, 0.2) is 30.6 Å². The summed E-state index contributed by atoms with van der Waals surface area (Å²) in [5, 5.41) is 16.0. The van der Waals surface area contributed by atoms with Crippen LogP contribution in [0, 0.1) is 0 Å². The number of ether oxygens (including phenoxy) is 1. The molecule has 26 heavy (non-hydrogen) atoms. The van der Waals surface area contributed by atoms with Crippen LogP contribution in [0.4, 0.5) is 18.0 Å². The van der Waals surface area contributed by atoms with Gasteiger partial charge in [0, 0.05) is 18.3 Å². The number of amides is 1. The topological polar surface area (TPSA) is 76.4 Å². The van der Waals surface area contributed by atoms with E-state index in [1.54, 1.807) is 27.0 Å². The van der Waals surface area contributed by atoms with E-state index >= 15 is 0 Å². The monoisotopic (exact) mass is 371 g/mol. The first-order chi connectivity index (χ1) is 12.0. The summed E-state index contributed by atoms with van der Waals surface area (Å²) in [5.41, 5.74) is -0.957. The maximum atomic E-state index is 12.9. The maximum absolute atomic E-state index is 12.9. The lowest BCUT2D eigenvalue weighted by molar-refractivity contribution is -0.138. The molecule has 1 heterocycles. The van der Waals surface area contributed by atoms with E-state index in [4.69, 9.17) is 4.74 Å². The molecule has 0 saturated heterocycles. The molecule has 0 spiro atoms. The fraction of sp³-hybridized carbons (Fsp3) is 0.412. The molecule has 0 atom stereocenters. The lowest BCUT2D eigenvalue weighted by atomic mass is 10.1. The Kier molecular flexibility index (Phi) is 5.48. The van der Waals surface area contributed by atoms with Crippen molar-refractivity contribution in [2.75, 3.05) is 6.54 Å². The van der Waals surface area contributed by atoms with Gasteiger partial charge in [-0.05, 0) is 38.5 Å². The number of alkyl halides is 3. The summed E-state index contributed by atoms with van der Waals surface area (Å²) in [6.45, 7) is 5.82. The van der Waals surface area contributed by atoms with Crippen molar-refractivity contribution < 1.29 is 27.8 Å². The van der Waals surface area contributed by atoms with Gasteiger partial charge in [0.2, 0.25) is 0 Å². The SMILES string of the molecule is CC(C)(C)OC(=O)NCCn1cc(-c2ccc(O)c(C(F)(F)F)c2)cn1. The molecule has 142 valence electrons. The third-order valence-corrected chi connectivity index (χ3v) is 3.28. The van der Waals surface area contributed by atoms with Crippen LogP contribution in [0.2, 0.25) is 0 Å². The van der Waals surface area contributed by atoms with Crippen LogP contribution >= 0.6 is 0 Å². The molecular formula is C17H20F3N3O3. The van der Waals surface area contributed by atoms with Crippen molar-refractivity contribution in [2.24, 2.45) is 0 Å². The molecule has 9 heteroatoms. The van der Waals surface area contributed by atoms with Crippen LogP contribution in [0.5, 0.6) is 5.75 Å². The lowest BCUT2D eigenvalue weighted by Gasteiger charge is -2.19. The second-order valence-electron chi connectivity index (χ2n) is 6.65. The number of hydrogen-bond acceptors (Lipinski definition) is 4. The highest BCUT2D eigenvalue weighted by atomic mass is 19.4. The molecule has 1 amide bonds. The maximum Gasteiger partial charge on any atom is 0.419 e. The summed E-state index contributed by atoms with van der Waals surface area (Å²) in [5.74, 6) is -0.824. The fourth-order valence-electron chi connectivity index (χ4n) is 2.16. The number of halogens is 3. The predicted octanol–water partition coefficient (Wildman–Crippen LogP) is 3.80. The summed E-state index contributed by atoms with van der Waals surface area (Å²) in [6, 6.07) is 3.25. The van der Waals surface area contributed by atoms with Crippen LogP contribution < -0.4 is 5.32 Å². The van der Waals surface area contributed by atoms with Crippen LogP contribution in [-0.2, 0) is 17.5 Å². The number of alkyl carbamates (subject to hydrolysis) is 1. The highest BCUT2D eigenvalue weighted by molar-refractivity contribution is 5.67. The minimum absolute atomic E-state index is 0.249. The number of benzene rings is 1. The van der Waals surface area contributed by atoms with E-state index in [1.165, 1.54) is 16.9 Å². The zero-order valence-corrected chi connectivity index (χ0v) is 14.6. The van der Waals surface area contributed by atoms with Gasteiger partial charge in [0.25, 0.3) is 0 Å². The third-order valence-electron chi connectivity index (χ3n) is 3.28. The van der Waals surface area contributed by atoms with Crippen molar-refractivity contribution in [2.45, 2.75) is 39.1 Å². The fourth-order valence-corrected chi connectivity index (χ4v) is 2.16. The predicted molar refractivity (Wildman–Crippen MR) is 88.6 cm³/mol. The Bertz CT molecular complexity index is 780. The molecule has 2 N–H and O–H groups in total. The summed E-state index contributed by atoms with van der Waals surface area (Å²) in [4.78, 5) is 11.5. The molecule has 0 radical (unpaired) electrons. The summed E-state index contributed by atoms with van der Waals surface area (Å²) in [6.07, 6.45) is -2.23. The Labute approximate surface area is 148 Å². The number of phenols is 1.